The van der Waals surface area contributed by atoms with Crippen molar-refractivity contribution < 1.29 is 0 Å². The molecule has 0 unspecified atom stereocenters. The van der Waals surface area contributed by atoms with Crippen molar-refractivity contribution in [1.29, 1.82) is 0 Å². The molecule has 2 fully saturated rings. The maximum Gasteiger partial charge on any atom is 0.234 e. The Hall–Kier alpha value is -1.01. The molecule has 0 amide bonds. The summed E-state index contributed by atoms with van der Waals surface area (Å²) in [6.45, 7) is 0. The van der Waals surface area contributed by atoms with Crippen molar-refractivity contribution in [3.8, 4) is 0 Å². The predicted octanol–water partition coefficient (Wildman–Crippen LogP) is 3.05. The normalized spacial score (nSPS) is 23.1. The molecule has 2 saturated carbocycles. The van der Waals surface area contributed by atoms with Gasteiger partial charge in [0.05, 0.1) is 0 Å². The summed E-state index contributed by atoms with van der Waals surface area (Å²) in [6, 6.07) is 0. The third kappa shape index (κ3) is 2.59. The van der Waals surface area contributed by atoms with E-state index in [1.54, 1.807) is 11.3 Å². The number of hydrogen-bond acceptors (Lipinski definition) is 5. The summed E-state index contributed by atoms with van der Waals surface area (Å²) >= 11 is 1.67. The number of hydrogen-bond donors (Lipinski definition) is 1. The molecule has 0 bridgehead atoms. The van der Waals surface area contributed by atoms with Crippen molar-refractivity contribution in [2.24, 2.45) is 5.73 Å². The average Bonchev–Trinajstić information content (AvgIpc) is 3.14. The van der Waals surface area contributed by atoms with Crippen molar-refractivity contribution in [3.63, 3.8) is 0 Å². The van der Waals surface area contributed by atoms with Gasteiger partial charge in [0.15, 0.2) is 5.82 Å². The first-order chi connectivity index (χ1) is 10.2. The maximum atomic E-state index is 6.56. The molecule has 5 nitrogen and oxygen atoms in total. The van der Waals surface area contributed by atoms with Gasteiger partial charge in [0.1, 0.15) is 5.01 Å². The Balaban J connectivity index is 1.59. The van der Waals surface area contributed by atoms with Crippen LogP contribution in [0.4, 0.5) is 0 Å². The van der Waals surface area contributed by atoms with E-state index in [4.69, 9.17) is 10.8 Å². The number of aromatic nitrogens is 4. The lowest BCUT2D eigenvalue weighted by Crippen LogP contribution is -2.43. The van der Waals surface area contributed by atoms with Gasteiger partial charge in [-0.2, -0.15) is 9.61 Å². The van der Waals surface area contributed by atoms with Crippen LogP contribution in [0.5, 0.6) is 0 Å². The summed E-state index contributed by atoms with van der Waals surface area (Å²) in [5.74, 6) is 1.62. The van der Waals surface area contributed by atoms with E-state index < -0.39 is 0 Å². The zero-order valence-corrected chi connectivity index (χ0v) is 13.2. The summed E-state index contributed by atoms with van der Waals surface area (Å²) < 4.78 is 1.99. The van der Waals surface area contributed by atoms with E-state index in [1.165, 1.54) is 44.9 Å². The summed E-state index contributed by atoms with van der Waals surface area (Å²) in [5, 5.41) is 14.6. The van der Waals surface area contributed by atoms with Gasteiger partial charge in [-0.1, -0.05) is 43.4 Å². The topological polar surface area (TPSA) is 69.1 Å². The standard InChI is InChI=1S/C15H23N5S/c16-15(8-4-1-5-9-15)10-12-19-20-13(11-6-2-3-7-11)17-18-14(20)21-12/h11H,1-10,16H2. The van der Waals surface area contributed by atoms with Gasteiger partial charge in [-0.25, -0.2) is 0 Å². The second kappa shape index (κ2) is 5.32. The molecular weight excluding hydrogens is 282 g/mol. The second-order valence-corrected chi connectivity index (χ2v) is 7.87. The highest BCUT2D eigenvalue weighted by Crippen LogP contribution is 2.34. The molecule has 0 atom stereocenters. The molecule has 2 N–H and O–H groups in total. The van der Waals surface area contributed by atoms with Crippen LogP contribution in [-0.2, 0) is 6.42 Å². The number of fused-ring (bicyclic) bond motifs is 1. The van der Waals surface area contributed by atoms with Gasteiger partial charge in [-0.15, -0.1) is 10.2 Å². The molecule has 2 heterocycles. The molecule has 0 aromatic carbocycles. The Morgan fingerprint density at radius 1 is 1.10 bits per heavy atom. The summed E-state index contributed by atoms with van der Waals surface area (Å²) in [7, 11) is 0. The Kier molecular flexibility index (Phi) is 3.46. The van der Waals surface area contributed by atoms with Crippen LogP contribution in [0.25, 0.3) is 4.96 Å². The second-order valence-electron chi connectivity index (χ2n) is 6.83. The van der Waals surface area contributed by atoms with E-state index in [-0.39, 0.29) is 5.54 Å². The first-order valence-corrected chi connectivity index (χ1v) is 9.05. The minimum atomic E-state index is -0.0466. The van der Waals surface area contributed by atoms with Crippen molar-refractivity contribution in [2.75, 3.05) is 0 Å². The Morgan fingerprint density at radius 2 is 1.86 bits per heavy atom. The van der Waals surface area contributed by atoms with Crippen LogP contribution in [0.15, 0.2) is 0 Å². The summed E-state index contributed by atoms with van der Waals surface area (Å²) in [5.41, 5.74) is 6.52. The number of nitrogens with zero attached hydrogens (tertiary/aromatic N) is 4. The molecule has 2 aromatic rings. The number of rotatable bonds is 3. The van der Waals surface area contributed by atoms with Crippen LogP contribution in [-0.4, -0.2) is 25.4 Å². The molecule has 114 valence electrons. The first-order valence-electron chi connectivity index (χ1n) is 8.23. The van der Waals surface area contributed by atoms with E-state index in [9.17, 15) is 0 Å². The summed E-state index contributed by atoms with van der Waals surface area (Å²) in [4.78, 5) is 0.936. The van der Waals surface area contributed by atoms with Crippen LogP contribution in [0.2, 0.25) is 0 Å². The van der Waals surface area contributed by atoms with Crippen molar-refractivity contribution in [2.45, 2.75) is 75.7 Å². The largest absolute Gasteiger partial charge is 0.325 e. The van der Waals surface area contributed by atoms with Crippen LogP contribution >= 0.6 is 11.3 Å². The third-order valence-electron chi connectivity index (χ3n) is 5.13. The Morgan fingerprint density at radius 3 is 2.62 bits per heavy atom. The van der Waals surface area contributed by atoms with Crippen molar-refractivity contribution in [1.82, 2.24) is 19.8 Å². The average molecular weight is 305 g/mol. The molecule has 0 aliphatic heterocycles. The van der Waals surface area contributed by atoms with Crippen LogP contribution in [0.3, 0.4) is 0 Å². The minimum Gasteiger partial charge on any atom is -0.325 e. The molecular formula is C15H23N5S. The highest BCUT2D eigenvalue weighted by Gasteiger charge is 2.30. The Labute approximate surface area is 128 Å². The molecule has 2 aliphatic rings. The van der Waals surface area contributed by atoms with E-state index in [2.05, 4.69) is 10.2 Å². The van der Waals surface area contributed by atoms with Gasteiger partial charge < -0.3 is 5.73 Å². The third-order valence-corrected chi connectivity index (χ3v) is 6.03. The van der Waals surface area contributed by atoms with Gasteiger partial charge in [0.2, 0.25) is 4.96 Å². The highest BCUT2D eigenvalue weighted by molar-refractivity contribution is 7.16. The van der Waals surface area contributed by atoms with E-state index in [1.807, 2.05) is 4.52 Å². The molecule has 0 radical (unpaired) electrons. The van der Waals surface area contributed by atoms with E-state index >= 15 is 0 Å². The molecule has 0 saturated heterocycles. The molecule has 21 heavy (non-hydrogen) atoms. The van der Waals surface area contributed by atoms with E-state index in [0.717, 1.165) is 35.1 Å². The van der Waals surface area contributed by atoms with E-state index in [0.29, 0.717) is 5.92 Å². The lowest BCUT2D eigenvalue weighted by molar-refractivity contribution is 0.293. The predicted molar refractivity (Wildman–Crippen MR) is 83.6 cm³/mol. The molecule has 6 heteroatoms. The van der Waals surface area contributed by atoms with Gasteiger partial charge in [0, 0.05) is 17.9 Å². The van der Waals surface area contributed by atoms with Crippen molar-refractivity contribution >= 4 is 16.3 Å². The fourth-order valence-electron chi connectivity index (χ4n) is 3.92. The van der Waals surface area contributed by atoms with Gasteiger partial charge in [-0.05, 0) is 25.7 Å². The van der Waals surface area contributed by atoms with Gasteiger partial charge >= 0.3 is 0 Å². The Bertz CT molecular complexity index is 619. The molecule has 0 spiro atoms. The SMILES string of the molecule is NC1(Cc2nn3c(C4CCCC4)nnc3s2)CCCCC1. The first kappa shape index (κ1) is 13.6. The summed E-state index contributed by atoms with van der Waals surface area (Å²) in [6.07, 6.45) is 12.1. The van der Waals surface area contributed by atoms with Crippen LogP contribution < -0.4 is 5.73 Å². The van der Waals surface area contributed by atoms with Crippen LogP contribution in [0, 0.1) is 0 Å². The minimum absolute atomic E-state index is 0.0466. The van der Waals surface area contributed by atoms with Gasteiger partial charge in [0.25, 0.3) is 0 Å². The number of nitrogens with two attached hydrogens (primary N) is 1. The zero-order chi connectivity index (χ0) is 14.3. The monoisotopic (exact) mass is 305 g/mol. The highest BCUT2D eigenvalue weighted by atomic mass is 32.1. The van der Waals surface area contributed by atoms with Gasteiger partial charge in [-0.3, -0.25) is 0 Å². The maximum absolute atomic E-state index is 6.56. The molecule has 2 aromatic heterocycles. The smallest absolute Gasteiger partial charge is 0.234 e. The fraction of sp³-hybridized carbons (Fsp3) is 0.800. The lowest BCUT2D eigenvalue weighted by Gasteiger charge is -2.32. The zero-order valence-electron chi connectivity index (χ0n) is 12.4. The van der Waals surface area contributed by atoms with Crippen LogP contribution in [0.1, 0.15) is 74.5 Å². The van der Waals surface area contributed by atoms with Crippen molar-refractivity contribution in [3.05, 3.63) is 10.8 Å². The molecule has 4 rings (SSSR count). The molecule has 2 aliphatic carbocycles. The fourth-order valence-corrected chi connectivity index (χ4v) is 4.91. The quantitative estimate of drug-likeness (QED) is 0.946. The lowest BCUT2D eigenvalue weighted by atomic mass is 9.80.